The maximum absolute atomic E-state index is 11.3. The van der Waals surface area contributed by atoms with Crippen molar-refractivity contribution in [1.82, 2.24) is 14.9 Å². The molecule has 21 heavy (non-hydrogen) atoms. The van der Waals surface area contributed by atoms with E-state index < -0.39 is 11.1 Å². The number of aliphatic hydroxyl groups excluding tert-OH is 1. The van der Waals surface area contributed by atoms with Crippen molar-refractivity contribution < 1.29 is 18.7 Å². The Morgan fingerprint density at radius 1 is 1.57 bits per heavy atom. The molecule has 4 N–H and O–H groups in total. The predicted octanol–water partition coefficient (Wildman–Crippen LogP) is 0.161. The Bertz CT molecular complexity index is 576. The highest BCUT2D eigenvalue weighted by Gasteiger charge is 2.16. The van der Waals surface area contributed by atoms with Crippen LogP contribution in [0.1, 0.15) is 24.7 Å². The summed E-state index contributed by atoms with van der Waals surface area (Å²) in [5.74, 6) is 0.759. The van der Waals surface area contributed by atoms with Crippen LogP contribution in [0.25, 0.3) is 0 Å². The molecule has 116 valence electrons. The zero-order chi connectivity index (χ0) is 16.0. The molecule has 0 aliphatic heterocycles. The molecule has 0 aliphatic carbocycles. The average molecular weight is 314 g/mol. The molecule has 8 nitrogen and oxygen atoms in total. The van der Waals surface area contributed by atoms with Crippen LogP contribution in [0.2, 0.25) is 0 Å². The van der Waals surface area contributed by atoms with Crippen LogP contribution in [0.3, 0.4) is 0 Å². The summed E-state index contributed by atoms with van der Waals surface area (Å²) < 4.78 is 20.5. The fraction of sp³-hybridized carbons (Fsp3) is 0.417. The number of allylic oxidation sites excluding steroid dienone is 1. The van der Waals surface area contributed by atoms with Gasteiger partial charge in [0.05, 0.1) is 11.4 Å². The molecule has 0 bridgehead atoms. The lowest BCUT2D eigenvalue weighted by Gasteiger charge is -2.21. The second kappa shape index (κ2) is 7.81. The van der Waals surface area contributed by atoms with Gasteiger partial charge in [0.25, 0.3) is 0 Å². The molecule has 0 radical (unpaired) electrons. The molecule has 1 atom stereocenters. The molecule has 1 amide bonds. The second-order valence-electron chi connectivity index (χ2n) is 4.29. The van der Waals surface area contributed by atoms with E-state index >= 15 is 0 Å². The standard InChI is InChI=1S/C12H18N4O4S/c1-8(11(3-4-17)21(19)20)16(7-18)6-10-5-14-9(2)15-12(10)13/h5,7,17H,3-4,6H2,1-2H3,(H,19,20)(H2,13,14,15)/b11-8-. The van der Waals surface area contributed by atoms with Crippen molar-refractivity contribution in [3.05, 3.63) is 28.2 Å². The second-order valence-corrected chi connectivity index (χ2v) is 5.28. The fourth-order valence-corrected chi connectivity index (χ4v) is 2.34. The first-order valence-electron chi connectivity index (χ1n) is 6.12. The Balaban J connectivity index is 3.09. The van der Waals surface area contributed by atoms with Crippen LogP contribution < -0.4 is 5.73 Å². The molecule has 9 heteroatoms. The molecule has 0 aromatic carbocycles. The van der Waals surface area contributed by atoms with E-state index in [0.717, 1.165) is 0 Å². The van der Waals surface area contributed by atoms with Gasteiger partial charge in [-0.05, 0) is 13.8 Å². The largest absolute Gasteiger partial charge is 0.396 e. The third kappa shape index (κ3) is 4.59. The molecule has 1 rings (SSSR count). The lowest BCUT2D eigenvalue weighted by molar-refractivity contribution is -0.116. The first-order valence-corrected chi connectivity index (χ1v) is 7.22. The lowest BCUT2D eigenvalue weighted by atomic mass is 10.2. The van der Waals surface area contributed by atoms with Gasteiger partial charge in [-0.2, -0.15) is 0 Å². The van der Waals surface area contributed by atoms with E-state index in [0.29, 0.717) is 23.5 Å². The zero-order valence-electron chi connectivity index (χ0n) is 11.8. The SMILES string of the molecule is C/C(=C(\CCO)S(=O)O)N(C=O)Cc1cnc(C)nc1N. The molecule has 1 aromatic heterocycles. The van der Waals surface area contributed by atoms with E-state index in [4.69, 9.17) is 10.8 Å². The van der Waals surface area contributed by atoms with Gasteiger partial charge in [0, 0.05) is 30.5 Å². The van der Waals surface area contributed by atoms with Gasteiger partial charge in [0.2, 0.25) is 6.41 Å². The van der Waals surface area contributed by atoms with Gasteiger partial charge in [-0.1, -0.05) is 0 Å². The highest BCUT2D eigenvalue weighted by molar-refractivity contribution is 7.83. The van der Waals surface area contributed by atoms with Gasteiger partial charge < -0.3 is 20.3 Å². The third-order valence-corrected chi connectivity index (χ3v) is 3.79. The Labute approximate surface area is 125 Å². The number of nitrogen functional groups attached to an aromatic ring is 1. The van der Waals surface area contributed by atoms with Crippen LogP contribution in [0.4, 0.5) is 5.82 Å². The average Bonchev–Trinajstić information content (AvgIpc) is 2.43. The van der Waals surface area contributed by atoms with Crippen molar-refractivity contribution in [2.24, 2.45) is 0 Å². The van der Waals surface area contributed by atoms with Crippen LogP contribution in [-0.2, 0) is 22.4 Å². The molecule has 0 saturated carbocycles. The molecule has 0 saturated heterocycles. The molecule has 1 unspecified atom stereocenters. The highest BCUT2D eigenvalue weighted by atomic mass is 32.2. The first kappa shape index (κ1) is 17.2. The quantitative estimate of drug-likeness (QED) is 0.483. The van der Waals surface area contributed by atoms with Crippen molar-refractivity contribution >= 4 is 23.3 Å². The molecule has 0 fully saturated rings. The number of anilines is 1. The highest BCUT2D eigenvalue weighted by Crippen LogP contribution is 2.19. The van der Waals surface area contributed by atoms with Crippen LogP contribution >= 0.6 is 0 Å². The van der Waals surface area contributed by atoms with Gasteiger partial charge in [-0.3, -0.25) is 4.79 Å². The smallest absolute Gasteiger partial charge is 0.214 e. The number of rotatable bonds is 7. The minimum atomic E-state index is -2.27. The third-order valence-electron chi connectivity index (χ3n) is 2.87. The van der Waals surface area contributed by atoms with E-state index in [1.807, 2.05) is 0 Å². The maximum Gasteiger partial charge on any atom is 0.214 e. The Hall–Kier alpha value is -1.84. The summed E-state index contributed by atoms with van der Waals surface area (Å²) in [4.78, 5) is 20.5. The van der Waals surface area contributed by atoms with E-state index in [1.165, 1.54) is 18.0 Å². The number of nitrogens with zero attached hydrogens (tertiary/aromatic N) is 3. The topological polar surface area (TPSA) is 130 Å². The van der Waals surface area contributed by atoms with E-state index in [1.54, 1.807) is 6.92 Å². The normalized spacial score (nSPS) is 13.5. The Kier molecular flexibility index (Phi) is 6.40. The fourth-order valence-electron chi connectivity index (χ4n) is 1.71. The van der Waals surface area contributed by atoms with Gasteiger partial charge in [0.1, 0.15) is 11.6 Å². The number of aryl methyl sites for hydroxylation is 1. The van der Waals surface area contributed by atoms with Crippen LogP contribution in [0, 0.1) is 6.92 Å². The summed E-state index contributed by atoms with van der Waals surface area (Å²) in [6.45, 7) is 3.00. The number of aromatic nitrogens is 2. The summed E-state index contributed by atoms with van der Waals surface area (Å²) in [6, 6.07) is 0. The zero-order valence-corrected chi connectivity index (χ0v) is 12.6. The minimum Gasteiger partial charge on any atom is -0.396 e. The molecular weight excluding hydrogens is 296 g/mol. The van der Waals surface area contributed by atoms with Crippen LogP contribution in [0.15, 0.2) is 16.8 Å². The summed E-state index contributed by atoms with van der Waals surface area (Å²) in [7, 11) is 0. The summed E-state index contributed by atoms with van der Waals surface area (Å²) in [6.07, 6.45) is 2.03. The summed E-state index contributed by atoms with van der Waals surface area (Å²) >= 11 is -2.27. The number of carbonyl (C=O) groups excluding carboxylic acids is 1. The first-order chi connectivity index (χ1) is 9.90. The molecule has 0 spiro atoms. The number of nitrogens with two attached hydrogens (primary N) is 1. The van der Waals surface area contributed by atoms with E-state index in [2.05, 4.69) is 9.97 Å². The number of hydrogen-bond donors (Lipinski definition) is 3. The van der Waals surface area contributed by atoms with Gasteiger partial charge in [-0.15, -0.1) is 0 Å². The van der Waals surface area contributed by atoms with Gasteiger partial charge >= 0.3 is 0 Å². The Morgan fingerprint density at radius 3 is 2.71 bits per heavy atom. The monoisotopic (exact) mass is 314 g/mol. The molecule has 1 aromatic rings. The van der Waals surface area contributed by atoms with Crippen molar-refractivity contribution in [3.8, 4) is 0 Å². The van der Waals surface area contributed by atoms with Crippen molar-refractivity contribution in [2.45, 2.75) is 26.8 Å². The Morgan fingerprint density at radius 2 is 2.24 bits per heavy atom. The van der Waals surface area contributed by atoms with Crippen LogP contribution in [-0.4, -0.2) is 41.8 Å². The molecular formula is C12H18N4O4S. The predicted molar refractivity (Wildman–Crippen MR) is 78.0 cm³/mol. The number of carbonyl (C=O) groups is 1. The van der Waals surface area contributed by atoms with Crippen molar-refractivity contribution in [3.63, 3.8) is 0 Å². The molecule has 1 heterocycles. The number of hydrogen-bond acceptors (Lipinski definition) is 6. The molecule has 0 aliphatic rings. The van der Waals surface area contributed by atoms with Crippen LogP contribution in [0.5, 0.6) is 0 Å². The summed E-state index contributed by atoms with van der Waals surface area (Å²) in [5, 5.41) is 8.93. The maximum atomic E-state index is 11.3. The number of aliphatic hydroxyl groups is 1. The van der Waals surface area contributed by atoms with Gasteiger partial charge in [0.15, 0.2) is 11.1 Å². The van der Waals surface area contributed by atoms with Gasteiger partial charge in [-0.25, -0.2) is 14.2 Å². The van der Waals surface area contributed by atoms with E-state index in [9.17, 15) is 13.6 Å². The minimum absolute atomic E-state index is 0.000829. The van der Waals surface area contributed by atoms with E-state index in [-0.39, 0.29) is 30.3 Å². The van der Waals surface area contributed by atoms with Crippen molar-refractivity contribution in [1.29, 1.82) is 0 Å². The van der Waals surface area contributed by atoms with Crippen molar-refractivity contribution in [2.75, 3.05) is 12.3 Å². The number of amides is 1. The summed E-state index contributed by atoms with van der Waals surface area (Å²) in [5.41, 5.74) is 6.58. The lowest BCUT2D eigenvalue weighted by Crippen LogP contribution is -2.23.